The Bertz CT molecular complexity index is 1260. The van der Waals surface area contributed by atoms with Crippen molar-refractivity contribution in [3.05, 3.63) is 59.4 Å². The van der Waals surface area contributed by atoms with E-state index in [0.29, 0.717) is 49.5 Å². The predicted molar refractivity (Wildman–Crippen MR) is 142 cm³/mol. The molecule has 0 bridgehead atoms. The van der Waals surface area contributed by atoms with Gasteiger partial charge in [0.05, 0.1) is 18.0 Å². The van der Waals surface area contributed by atoms with Crippen LogP contribution in [0.15, 0.2) is 36.5 Å². The first-order valence-corrected chi connectivity index (χ1v) is 12.0. The van der Waals surface area contributed by atoms with Crippen molar-refractivity contribution < 1.29 is 13.9 Å². The fraction of sp³-hybridized carbons (Fsp3) is 0.400. The number of anilines is 3. The van der Waals surface area contributed by atoms with Gasteiger partial charge in [0.15, 0.2) is 0 Å². The highest BCUT2D eigenvalue weighted by atomic mass is 35.5. The van der Waals surface area contributed by atoms with Crippen LogP contribution >= 0.6 is 12.4 Å². The van der Waals surface area contributed by atoms with Crippen LogP contribution in [0.4, 0.5) is 26.1 Å². The summed E-state index contributed by atoms with van der Waals surface area (Å²) in [6.45, 7) is 8.02. The molecule has 5 rings (SSSR count). The Morgan fingerprint density at radius 1 is 1.05 bits per heavy atom. The number of hydrogen-bond donors (Lipinski definition) is 2. The van der Waals surface area contributed by atoms with Crippen LogP contribution < -0.4 is 15.5 Å². The van der Waals surface area contributed by atoms with Crippen molar-refractivity contribution in [1.29, 1.82) is 0 Å². The van der Waals surface area contributed by atoms with Gasteiger partial charge >= 0.3 is 0 Å². The summed E-state index contributed by atoms with van der Waals surface area (Å²) in [5, 5.41) is 14.0. The van der Waals surface area contributed by atoms with E-state index in [1.807, 2.05) is 22.8 Å². The van der Waals surface area contributed by atoms with Gasteiger partial charge in [-0.1, -0.05) is 12.2 Å². The third-order valence-corrected chi connectivity index (χ3v) is 6.76. The average molecular weight is 533 g/mol. The molecule has 2 saturated heterocycles. The van der Waals surface area contributed by atoms with Crippen molar-refractivity contribution in [3.63, 3.8) is 0 Å². The van der Waals surface area contributed by atoms with Gasteiger partial charge in [-0.05, 0) is 26.0 Å². The number of aromatic nitrogens is 4. The fourth-order valence-electron chi connectivity index (χ4n) is 4.66. The quantitative estimate of drug-likeness (QED) is 0.500. The molecular formula is C25H31ClF2N8O. The number of rotatable bonds is 6. The summed E-state index contributed by atoms with van der Waals surface area (Å²) in [6.07, 6.45) is 5.54. The summed E-state index contributed by atoms with van der Waals surface area (Å²) >= 11 is 0. The van der Waals surface area contributed by atoms with Gasteiger partial charge < -0.3 is 20.6 Å². The van der Waals surface area contributed by atoms with Gasteiger partial charge in [-0.15, -0.1) is 12.4 Å². The van der Waals surface area contributed by atoms with Crippen LogP contribution in [0.3, 0.4) is 0 Å². The van der Waals surface area contributed by atoms with Crippen molar-refractivity contribution in [2.24, 2.45) is 0 Å². The number of nitrogens with zero attached hydrogens (tertiary/aromatic N) is 7. The largest absolute Gasteiger partial charge is 0.389 e. The molecule has 12 heteroatoms. The maximum atomic E-state index is 13.6. The van der Waals surface area contributed by atoms with Crippen LogP contribution in [0.1, 0.15) is 18.2 Å². The van der Waals surface area contributed by atoms with E-state index in [2.05, 4.69) is 33.0 Å². The molecule has 2 aliphatic heterocycles. The van der Waals surface area contributed by atoms with E-state index in [-0.39, 0.29) is 24.6 Å². The molecule has 0 unspecified atom stereocenters. The zero-order valence-electron chi connectivity index (χ0n) is 20.8. The van der Waals surface area contributed by atoms with Crippen LogP contribution in [0, 0.1) is 18.6 Å². The van der Waals surface area contributed by atoms with Crippen molar-refractivity contribution in [1.82, 2.24) is 24.6 Å². The van der Waals surface area contributed by atoms with Crippen LogP contribution in [-0.2, 0) is 0 Å². The molecule has 1 atom stereocenters. The molecule has 0 spiro atoms. The third kappa shape index (κ3) is 5.84. The van der Waals surface area contributed by atoms with Crippen LogP contribution in [0.2, 0.25) is 0 Å². The molecule has 1 aromatic carbocycles. The van der Waals surface area contributed by atoms with E-state index in [1.54, 1.807) is 16.9 Å². The fourth-order valence-corrected chi connectivity index (χ4v) is 4.66. The first kappa shape index (κ1) is 26.8. The second kappa shape index (κ2) is 11.0. The molecule has 2 aromatic heterocycles. The van der Waals surface area contributed by atoms with E-state index in [1.165, 1.54) is 12.1 Å². The topological polar surface area (TPSA) is 99.6 Å². The monoisotopic (exact) mass is 532 g/mol. The minimum absolute atomic E-state index is 0. The van der Waals surface area contributed by atoms with Crippen molar-refractivity contribution in [2.75, 3.05) is 54.8 Å². The summed E-state index contributed by atoms with van der Waals surface area (Å²) < 4.78 is 28.9. The molecule has 0 amide bonds. The Labute approximate surface area is 220 Å². The minimum Gasteiger partial charge on any atom is -0.389 e. The number of aliphatic hydroxyl groups is 1. The maximum absolute atomic E-state index is 13.6. The molecule has 198 valence electrons. The van der Waals surface area contributed by atoms with E-state index in [0.717, 1.165) is 30.4 Å². The number of halogens is 3. The number of nitrogens with two attached hydrogens (primary N) is 1. The van der Waals surface area contributed by atoms with Gasteiger partial charge in [0, 0.05) is 68.7 Å². The average Bonchev–Trinajstić information content (AvgIpc) is 3.17. The van der Waals surface area contributed by atoms with E-state index in [4.69, 9.17) is 5.73 Å². The van der Waals surface area contributed by atoms with Gasteiger partial charge in [0.25, 0.3) is 5.95 Å². The highest BCUT2D eigenvalue weighted by Gasteiger charge is 2.27. The number of aliphatic hydroxyl groups excluding tert-OH is 1. The first-order valence-electron chi connectivity index (χ1n) is 12.0. The summed E-state index contributed by atoms with van der Waals surface area (Å²) in [7, 11) is 0. The van der Waals surface area contributed by atoms with Crippen LogP contribution in [0.25, 0.3) is 12.0 Å². The Morgan fingerprint density at radius 3 is 2.46 bits per heavy atom. The standard InChI is InChI=1S/C25H30F2N8O.ClH/c1-16-13-33(21-9-19(26)8-20(27)10-21)7-6-32(16)5-3-4-18-12-29-35(17(18)2)25-30-23(28)11-24(31-25)34-14-22(36)15-34;/h3-4,8-12,16,22,36H,5-7,13-15H2,1-2H3,(H2,28,30,31);1H/b4-3+;/t16-;/m0./s1. The molecular weight excluding hydrogens is 502 g/mol. The molecule has 0 saturated carbocycles. The maximum Gasteiger partial charge on any atom is 0.254 e. The Morgan fingerprint density at radius 2 is 1.78 bits per heavy atom. The SMILES string of the molecule is Cc1c(/C=C/CN2CCN(c3cc(F)cc(F)c3)C[C@@H]2C)cnn1-c1nc(N)cc(N2CC(O)C2)n1.Cl. The number of benzene rings is 1. The lowest BCUT2D eigenvalue weighted by Crippen LogP contribution is -2.51. The molecule has 3 aromatic rings. The van der Waals surface area contributed by atoms with Gasteiger partial charge in [0.1, 0.15) is 23.3 Å². The normalized spacial score (nSPS) is 18.8. The number of hydrogen-bond acceptors (Lipinski definition) is 8. The lowest BCUT2D eigenvalue weighted by Gasteiger charge is -2.40. The molecule has 0 aliphatic carbocycles. The molecule has 2 aliphatic rings. The van der Waals surface area contributed by atoms with E-state index < -0.39 is 11.6 Å². The minimum atomic E-state index is -0.557. The summed E-state index contributed by atoms with van der Waals surface area (Å²) in [6, 6.07) is 5.57. The zero-order chi connectivity index (χ0) is 25.4. The summed E-state index contributed by atoms with van der Waals surface area (Å²) in [4.78, 5) is 15.2. The van der Waals surface area contributed by atoms with E-state index >= 15 is 0 Å². The lowest BCUT2D eigenvalue weighted by molar-refractivity contribution is 0.141. The third-order valence-electron chi connectivity index (χ3n) is 6.76. The highest BCUT2D eigenvalue weighted by Crippen LogP contribution is 2.24. The summed E-state index contributed by atoms with van der Waals surface area (Å²) in [5.74, 6) is 0.291. The molecule has 9 nitrogen and oxygen atoms in total. The second-order valence-electron chi connectivity index (χ2n) is 9.43. The smallest absolute Gasteiger partial charge is 0.254 e. The number of piperazine rings is 1. The Balaban J connectivity index is 0.00000320. The van der Waals surface area contributed by atoms with Crippen molar-refractivity contribution in [2.45, 2.75) is 26.0 Å². The number of β-amino-alcohol motifs (C(OH)–C–C–N with tert-alkyl or cyclic N) is 1. The molecule has 0 radical (unpaired) electrons. The van der Waals surface area contributed by atoms with Gasteiger partial charge in [-0.25, -0.2) is 13.5 Å². The van der Waals surface area contributed by atoms with Crippen molar-refractivity contribution in [3.8, 4) is 5.95 Å². The van der Waals surface area contributed by atoms with Gasteiger partial charge in [-0.2, -0.15) is 15.1 Å². The van der Waals surface area contributed by atoms with E-state index in [9.17, 15) is 13.9 Å². The van der Waals surface area contributed by atoms with Gasteiger partial charge in [0.2, 0.25) is 0 Å². The first-order chi connectivity index (χ1) is 17.3. The van der Waals surface area contributed by atoms with Crippen LogP contribution in [-0.4, -0.2) is 81.2 Å². The lowest BCUT2D eigenvalue weighted by atomic mass is 10.1. The predicted octanol–water partition coefficient (Wildman–Crippen LogP) is 2.66. The number of nitrogen functional groups attached to an aromatic ring is 1. The van der Waals surface area contributed by atoms with Crippen LogP contribution in [0.5, 0.6) is 0 Å². The Kier molecular flexibility index (Phi) is 7.96. The molecule has 2 fully saturated rings. The zero-order valence-corrected chi connectivity index (χ0v) is 21.6. The van der Waals surface area contributed by atoms with Gasteiger partial charge in [-0.3, -0.25) is 4.90 Å². The molecule has 4 heterocycles. The molecule has 3 N–H and O–H groups in total. The Hall–Kier alpha value is -3.28. The van der Waals surface area contributed by atoms with Crippen molar-refractivity contribution >= 4 is 35.8 Å². The highest BCUT2D eigenvalue weighted by molar-refractivity contribution is 5.85. The molecule has 37 heavy (non-hydrogen) atoms. The summed E-state index contributed by atoms with van der Waals surface area (Å²) in [5.41, 5.74) is 8.41. The second-order valence-corrected chi connectivity index (χ2v) is 9.43.